The van der Waals surface area contributed by atoms with Crippen molar-refractivity contribution in [2.24, 2.45) is 5.92 Å². The van der Waals surface area contributed by atoms with E-state index in [1.54, 1.807) is 16.4 Å². The van der Waals surface area contributed by atoms with Crippen molar-refractivity contribution in [2.75, 3.05) is 19.7 Å². The van der Waals surface area contributed by atoms with E-state index in [4.69, 9.17) is 4.74 Å². The van der Waals surface area contributed by atoms with Crippen LogP contribution in [0.2, 0.25) is 0 Å². The van der Waals surface area contributed by atoms with E-state index >= 15 is 0 Å². The molecule has 0 aliphatic carbocycles. The molecule has 140 valence electrons. The lowest BCUT2D eigenvalue weighted by Crippen LogP contribution is -2.39. The zero-order valence-corrected chi connectivity index (χ0v) is 16.1. The fourth-order valence-electron chi connectivity index (χ4n) is 3.28. The molecule has 4 nitrogen and oxygen atoms in total. The minimum atomic E-state index is -3.38. The number of sulfonamides is 1. The standard InChI is InChI=1S/C21H27NO3S/c1-2-18-8-10-21(11-9-18)26(23,24)22-14-12-20(13-15-22)17-25-16-19-6-4-3-5-7-19/h3-11,20H,2,12-17H2,1H3. The molecule has 0 unspecified atom stereocenters. The predicted molar refractivity (Wildman–Crippen MR) is 103 cm³/mol. The largest absolute Gasteiger partial charge is 0.376 e. The highest BCUT2D eigenvalue weighted by atomic mass is 32.2. The Balaban J connectivity index is 1.49. The van der Waals surface area contributed by atoms with Gasteiger partial charge in [0.1, 0.15) is 0 Å². The molecular weight excluding hydrogens is 346 g/mol. The molecule has 0 radical (unpaired) electrons. The molecule has 0 spiro atoms. The van der Waals surface area contributed by atoms with Gasteiger partial charge in [-0.05, 0) is 48.4 Å². The van der Waals surface area contributed by atoms with Gasteiger partial charge in [-0.15, -0.1) is 0 Å². The lowest BCUT2D eigenvalue weighted by molar-refractivity contribution is 0.0688. The molecule has 0 bridgehead atoms. The van der Waals surface area contributed by atoms with E-state index in [1.807, 2.05) is 30.3 Å². The lowest BCUT2D eigenvalue weighted by atomic mass is 9.99. The van der Waals surface area contributed by atoms with Crippen LogP contribution in [-0.2, 0) is 27.8 Å². The van der Waals surface area contributed by atoms with Crippen LogP contribution in [0.1, 0.15) is 30.9 Å². The van der Waals surface area contributed by atoms with Gasteiger partial charge in [-0.25, -0.2) is 8.42 Å². The molecule has 0 aromatic heterocycles. The zero-order valence-electron chi connectivity index (χ0n) is 15.3. The van der Waals surface area contributed by atoms with Gasteiger partial charge < -0.3 is 4.74 Å². The minimum Gasteiger partial charge on any atom is -0.376 e. The molecule has 1 heterocycles. The van der Waals surface area contributed by atoms with E-state index in [9.17, 15) is 8.42 Å². The van der Waals surface area contributed by atoms with Gasteiger partial charge in [-0.2, -0.15) is 4.31 Å². The summed E-state index contributed by atoms with van der Waals surface area (Å²) in [4.78, 5) is 0.397. The highest BCUT2D eigenvalue weighted by Crippen LogP contribution is 2.24. The Kier molecular flexibility index (Phi) is 6.46. The second-order valence-electron chi connectivity index (χ2n) is 6.85. The van der Waals surface area contributed by atoms with Crippen LogP contribution in [0.5, 0.6) is 0 Å². The van der Waals surface area contributed by atoms with Gasteiger partial charge in [0.15, 0.2) is 0 Å². The van der Waals surface area contributed by atoms with Crippen molar-refractivity contribution < 1.29 is 13.2 Å². The van der Waals surface area contributed by atoms with Crippen LogP contribution in [0.25, 0.3) is 0 Å². The Bertz CT molecular complexity index is 780. The zero-order chi connectivity index (χ0) is 18.4. The minimum absolute atomic E-state index is 0.397. The van der Waals surface area contributed by atoms with Gasteiger partial charge in [0.2, 0.25) is 10.0 Å². The Morgan fingerprint density at radius 1 is 0.962 bits per heavy atom. The van der Waals surface area contributed by atoms with E-state index in [0.29, 0.717) is 37.1 Å². The topological polar surface area (TPSA) is 46.6 Å². The van der Waals surface area contributed by atoms with E-state index < -0.39 is 10.0 Å². The molecule has 1 aliphatic heterocycles. The van der Waals surface area contributed by atoms with Crippen molar-refractivity contribution >= 4 is 10.0 Å². The van der Waals surface area contributed by atoms with Crippen molar-refractivity contribution in [3.05, 3.63) is 65.7 Å². The summed E-state index contributed by atoms with van der Waals surface area (Å²) >= 11 is 0. The van der Waals surface area contributed by atoms with Gasteiger partial charge in [0.05, 0.1) is 11.5 Å². The molecule has 3 rings (SSSR count). The molecule has 1 aliphatic rings. The Morgan fingerprint density at radius 2 is 1.62 bits per heavy atom. The number of hydrogen-bond donors (Lipinski definition) is 0. The number of piperidine rings is 1. The van der Waals surface area contributed by atoms with Crippen LogP contribution in [0.3, 0.4) is 0 Å². The molecule has 2 aromatic carbocycles. The summed E-state index contributed by atoms with van der Waals surface area (Å²) in [7, 11) is -3.38. The summed E-state index contributed by atoms with van der Waals surface area (Å²) in [5, 5.41) is 0. The smallest absolute Gasteiger partial charge is 0.243 e. The first-order valence-corrected chi connectivity index (χ1v) is 10.7. The van der Waals surface area contributed by atoms with E-state index in [1.165, 1.54) is 5.56 Å². The SMILES string of the molecule is CCc1ccc(S(=O)(=O)N2CCC(COCc3ccccc3)CC2)cc1. The third kappa shape index (κ3) is 4.72. The highest BCUT2D eigenvalue weighted by molar-refractivity contribution is 7.89. The highest BCUT2D eigenvalue weighted by Gasteiger charge is 2.29. The van der Waals surface area contributed by atoms with Gasteiger partial charge in [-0.3, -0.25) is 0 Å². The average Bonchev–Trinajstić information content (AvgIpc) is 2.69. The van der Waals surface area contributed by atoms with Crippen LogP contribution in [0, 0.1) is 5.92 Å². The second kappa shape index (κ2) is 8.80. The Morgan fingerprint density at radius 3 is 2.23 bits per heavy atom. The van der Waals surface area contributed by atoms with Crippen molar-refractivity contribution in [3.63, 3.8) is 0 Å². The summed E-state index contributed by atoms with van der Waals surface area (Å²) in [6.07, 6.45) is 2.61. The third-order valence-corrected chi connectivity index (χ3v) is 6.92. The molecule has 26 heavy (non-hydrogen) atoms. The molecular formula is C21H27NO3S. The first kappa shape index (κ1) is 19.1. The summed E-state index contributed by atoms with van der Waals surface area (Å²) < 4.78 is 33.0. The number of ether oxygens (including phenoxy) is 1. The van der Waals surface area contributed by atoms with Crippen LogP contribution in [-0.4, -0.2) is 32.4 Å². The van der Waals surface area contributed by atoms with Crippen molar-refractivity contribution in [1.29, 1.82) is 0 Å². The van der Waals surface area contributed by atoms with E-state index in [2.05, 4.69) is 19.1 Å². The number of benzene rings is 2. The summed E-state index contributed by atoms with van der Waals surface area (Å²) in [6.45, 7) is 4.50. The molecule has 0 N–H and O–H groups in total. The molecule has 2 aromatic rings. The summed E-state index contributed by atoms with van der Waals surface area (Å²) in [6, 6.07) is 17.4. The Hall–Kier alpha value is -1.69. The van der Waals surface area contributed by atoms with Crippen LogP contribution < -0.4 is 0 Å². The number of aryl methyl sites for hydroxylation is 1. The van der Waals surface area contributed by atoms with Crippen molar-refractivity contribution in [2.45, 2.75) is 37.7 Å². The number of nitrogens with zero attached hydrogens (tertiary/aromatic N) is 1. The molecule has 0 atom stereocenters. The fraction of sp³-hybridized carbons (Fsp3) is 0.429. The average molecular weight is 374 g/mol. The second-order valence-corrected chi connectivity index (χ2v) is 8.78. The number of hydrogen-bond acceptors (Lipinski definition) is 3. The van der Waals surface area contributed by atoms with E-state index in [-0.39, 0.29) is 0 Å². The van der Waals surface area contributed by atoms with Crippen molar-refractivity contribution in [1.82, 2.24) is 4.31 Å². The van der Waals surface area contributed by atoms with Crippen LogP contribution in [0.4, 0.5) is 0 Å². The normalized spacial score (nSPS) is 16.7. The Labute approximate surface area is 156 Å². The third-order valence-electron chi connectivity index (χ3n) is 5.01. The fourth-order valence-corrected chi connectivity index (χ4v) is 4.75. The number of rotatable bonds is 7. The maximum absolute atomic E-state index is 12.8. The van der Waals surface area contributed by atoms with Crippen molar-refractivity contribution in [3.8, 4) is 0 Å². The van der Waals surface area contributed by atoms with Crippen LogP contribution >= 0.6 is 0 Å². The summed E-state index contributed by atoms with van der Waals surface area (Å²) in [5.74, 6) is 0.424. The molecule has 1 fully saturated rings. The predicted octanol–water partition coefficient (Wildman–Crippen LogP) is 3.87. The maximum atomic E-state index is 12.8. The quantitative estimate of drug-likeness (QED) is 0.740. The first-order valence-electron chi connectivity index (χ1n) is 9.30. The van der Waals surface area contributed by atoms with Gasteiger partial charge in [0.25, 0.3) is 0 Å². The monoisotopic (exact) mass is 373 g/mol. The molecule has 1 saturated heterocycles. The van der Waals surface area contributed by atoms with Crippen LogP contribution in [0.15, 0.2) is 59.5 Å². The lowest BCUT2D eigenvalue weighted by Gasteiger charge is -2.31. The van der Waals surface area contributed by atoms with E-state index in [0.717, 1.165) is 24.8 Å². The summed E-state index contributed by atoms with van der Waals surface area (Å²) in [5.41, 5.74) is 2.32. The maximum Gasteiger partial charge on any atom is 0.243 e. The van der Waals surface area contributed by atoms with Gasteiger partial charge in [0, 0.05) is 19.7 Å². The van der Waals surface area contributed by atoms with Gasteiger partial charge in [-0.1, -0.05) is 49.4 Å². The molecule has 5 heteroatoms. The molecule has 0 amide bonds. The van der Waals surface area contributed by atoms with Gasteiger partial charge >= 0.3 is 0 Å². The molecule has 0 saturated carbocycles. The first-order chi connectivity index (χ1) is 12.6.